The molecule has 0 saturated carbocycles. The van der Waals surface area contributed by atoms with E-state index in [0.717, 1.165) is 16.1 Å². The van der Waals surface area contributed by atoms with E-state index in [4.69, 9.17) is 23.2 Å². The summed E-state index contributed by atoms with van der Waals surface area (Å²) in [5, 5.41) is 0.562. The molecule has 0 amide bonds. The van der Waals surface area contributed by atoms with E-state index in [1.165, 1.54) is 27.8 Å². The van der Waals surface area contributed by atoms with Crippen molar-refractivity contribution in [3.63, 3.8) is 0 Å². The number of hydrogen-bond acceptors (Lipinski definition) is 0. The molecule has 0 heterocycles. The van der Waals surface area contributed by atoms with E-state index in [-0.39, 0.29) is 5.38 Å². The van der Waals surface area contributed by atoms with Gasteiger partial charge in [0.05, 0.1) is 5.38 Å². The molecule has 1 atom stereocenters. The zero-order valence-electron chi connectivity index (χ0n) is 12.6. The first-order chi connectivity index (χ1) is 9.34. The second kappa shape index (κ2) is 5.79. The van der Waals surface area contributed by atoms with Gasteiger partial charge in [0.1, 0.15) is 0 Å². The van der Waals surface area contributed by atoms with Crippen LogP contribution in [-0.2, 0) is 0 Å². The molecule has 2 heteroatoms. The highest BCUT2D eigenvalue weighted by Gasteiger charge is 2.20. The molecule has 2 rings (SSSR count). The van der Waals surface area contributed by atoms with Crippen LogP contribution in [-0.4, -0.2) is 0 Å². The normalized spacial score (nSPS) is 12.6. The Bertz CT molecular complexity index is 631. The molecule has 0 aromatic heterocycles. The molecule has 0 N–H and O–H groups in total. The monoisotopic (exact) mass is 306 g/mol. The summed E-state index contributed by atoms with van der Waals surface area (Å²) in [6.07, 6.45) is 0. The molecule has 0 aliphatic carbocycles. The molecule has 0 bridgehead atoms. The summed E-state index contributed by atoms with van der Waals surface area (Å²) in [5.74, 6) is 0. The van der Waals surface area contributed by atoms with Crippen LogP contribution in [0.3, 0.4) is 0 Å². The fraction of sp³-hybridized carbons (Fsp3) is 0.333. The van der Waals surface area contributed by atoms with Crippen molar-refractivity contribution in [1.29, 1.82) is 0 Å². The van der Waals surface area contributed by atoms with E-state index in [1.807, 2.05) is 25.1 Å². The Hall–Kier alpha value is -0.980. The van der Waals surface area contributed by atoms with Gasteiger partial charge < -0.3 is 0 Å². The van der Waals surface area contributed by atoms with Gasteiger partial charge in [-0.25, -0.2) is 0 Å². The minimum Gasteiger partial charge on any atom is -0.113 e. The van der Waals surface area contributed by atoms with Gasteiger partial charge in [0, 0.05) is 5.02 Å². The summed E-state index contributed by atoms with van der Waals surface area (Å²) in [6, 6.07) is 8.26. The molecule has 0 spiro atoms. The van der Waals surface area contributed by atoms with Crippen molar-refractivity contribution in [2.24, 2.45) is 0 Å². The van der Waals surface area contributed by atoms with Crippen molar-refractivity contribution in [3.8, 4) is 0 Å². The zero-order valence-corrected chi connectivity index (χ0v) is 14.2. The maximum Gasteiger partial charge on any atom is 0.0855 e. The van der Waals surface area contributed by atoms with Crippen molar-refractivity contribution in [1.82, 2.24) is 0 Å². The van der Waals surface area contributed by atoms with Crippen LogP contribution in [0.15, 0.2) is 24.3 Å². The lowest BCUT2D eigenvalue weighted by Crippen LogP contribution is -2.04. The molecule has 0 aliphatic heterocycles. The molecule has 20 heavy (non-hydrogen) atoms. The molecule has 1 unspecified atom stereocenters. The first-order valence-corrected chi connectivity index (χ1v) is 7.62. The molecule has 0 radical (unpaired) electrons. The number of rotatable bonds is 2. The fourth-order valence-corrected chi connectivity index (χ4v) is 3.45. The molecule has 106 valence electrons. The van der Waals surface area contributed by atoms with Crippen LogP contribution in [0.2, 0.25) is 5.02 Å². The number of aryl methyl sites for hydroxylation is 3. The van der Waals surface area contributed by atoms with E-state index >= 15 is 0 Å². The molecule has 2 aromatic carbocycles. The maximum atomic E-state index is 6.78. The summed E-state index contributed by atoms with van der Waals surface area (Å²) in [7, 11) is 0. The summed E-state index contributed by atoms with van der Waals surface area (Å²) < 4.78 is 0. The van der Waals surface area contributed by atoms with Crippen molar-refractivity contribution < 1.29 is 0 Å². The van der Waals surface area contributed by atoms with Crippen LogP contribution < -0.4 is 0 Å². The Balaban J connectivity index is 2.65. The standard InChI is InChI=1S/C18H20Cl2/c1-10-7-6-8-15(17(10)19)18(20)16-13(4)11(2)9-12(3)14(16)5/h6-9,18H,1-5H3. The Morgan fingerprint density at radius 2 is 1.40 bits per heavy atom. The van der Waals surface area contributed by atoms with Crippen molar-refractivity contribution in [3.05, 3.63) is 68.2 Å². The summed E-state index contributed by atoms with van der Waals surface area (Å²) in [5.41, 5.74) is 8.31. The Morgan fingerprint density at radius 3 is 1.95 bits per heavy atom. The lowest BCUT2D eigenvalue weighted by Gasteiger charge is -2.21. The number of halogens is 2. The minimum absolute atomic E-state index is 0.207. The van der Waals surface area contributed by atoms with Gasteiger partial charge in [0.2, 0.25) is 0 Å². The molecular weight excluding hydrogens is 287 g/mol. The van der Waals surface area contributed by atoms with Gasteiger partial charge in [-0.3, -0.25) is 0 Å². The lowest BCUT2D eigenvalue weighted by molar-refractivity contribution is 1.05. The largest absolute Gasteiger partial charge is 0.113 e. The highest BCUT2D eigenvalue weighted by atomic mass is 35.5. The molecule has 0 saturated heterocycles. The topological polar surface area (TPSA) is 0 Å². The van der Waals surface area contributed by atoms with Crippen LogP contribution in [0, 0.1) is 34.6 Å². The van der Waals surface area contributed by atoms with E-state index in [9.17, 15) is 0 Å². The van der Waals surface area contributed by atoms with Gasteiger partial charge >= 0.3 is 0 Å². The molecule has 2 aromatic rings. The number of alkyl halides is 1. The van der Waals surface area contributed by atoms with Crippen LogP contribution in [0.25, 0.3) is 0 Å². The molecule has 0 fully saturated rings. The lowest BCUT2D eigenvalue weighted by atomic mass is 9.89. The van der Waals surface area contributed by atoms with Crippen LogP contribution >= 0.6 is 23.2 Å². The van der Waals surface area contributed by atoms with Crippen molar-refractivity contribution in [2.75, 3.05) is 0 Å². The average Bonchev–Trinajstić information content (AvgIpc) is 2.40. The van der Waals surface area contributed by atoms with Gasteiger partial charge in [0.15, 0.2) is 0 Å². The smallest absolute Gasteiger partial charge is 0.0855 e. The highest BCUT2D eigenvalue weighted by molar-refractivity contribution is 6.33. The summed E-state index contributed by atoms with van der Waals surface area (Å²) in [4.78, 5) is 0. The molecular formula is C18H20Cl2. The van der Waals surface area contributed by atoms with Crippen LogP contribution in [0.1, 0.15) is 44.3 Å². The Morgan fingerprint density at radius 1 is 0.850 bits per heavy atom. The van der Waals surface area contributed by atoms with Gasteiger partial charge in [-0.15, -0.1) is 11.6 Å². The van der Waals surface area contributed by atoms with E-state index in [0.29, 0.717) is 0 Å². The number of hydrogen-bond donors (Lipinski definition) is 0. The van der Waals surface area contributed by atoms with E-state index in [1.54, 1.807) is 0 Å². The van der Waals surface area contributed by atoms with Crippen molar-refractivity contribution >= 4 is 23.2 Å². The summed E-state index contributed by atoms with van der Waals surface area (Å²) >= 11 is 13.2. The van der Waals surface area contributed by atoms with E-state index in [2.05, 4.69) is 33.8 Å². The quantitative estimate of drug-likeness (QED) is 0.579. The van der Waals surface area contributed by atoms with Crippen LogP contribution in [0.5, 0.6) is 0 Å². The minimum atomic E-state index is -0.207. The van der Waals surface area contributed by atoms with Crippen LogP contribution in [0.4, 0.5) is 0 Å². The highest BCUT2D eigenvalue weighted by Crippen LogP contribution is 2.39. The zero-order chi connectivity index (χ0) is 15.0. The second-order valence-electron chi connectivity index (χ2n) is 5.51. The summed E-state index contributed by atoms with van der Waals surface area (Å²) in [6.45, 7) is 10.5. The first kappa shape index (κ1) is 15.4. The van der Waals surface area contributed by atoms with Gasteiger partial charge in [0.25, 0.3) is 0 Å². The average molecular weight is 307 g/mol. The third kappa shape index (κ3) is 2.60. The third-order valence-corrected chi connectivity index (χ3v) is 5.14. The Kier molecular flexibility index (Phi) is 4.46. The molecule has 0 aliphatic rings. The second-order valence-corrected chi connectivity index (χ2v) is 6.33. The third-order valence-electron chi connectivity index (χ3n) is 4.17. The predicted octanol–water partition coefficient (Wildman–Crippen LogP) is 6.21. The predicted molar refractivity (Wildman–Crippen MR) is 89.3 cm³/mol. The van der Waals surface area contributed by atoms with Gasteiger partial charge in [-0.2, -0.15) is 0 Å². The first-order valence-electron chi connectivity index (χ1n) is 6.81. The van der Waals surface area contributed by atoms with E-state index < -0.39 is 0 Å². The number of benzene rings is 2. The SMILES string of the molecule is Cc1cc(C)c(C)c(C(Cl)c2cccc(C)c2Cl)c1C. The van der Waals surface area contributed by atoms with Gasteiger partial charge in [-0.05, 0) is 73.6 Å². The fourth-order valence-electron chi connectivity index (χ4n) is 2.65. The van der Waals surface area contributed by atoms with Gasteiger partial charge in [-0.1, -0.05) is 35.9 Å². The van der Waals surface area contributed by atoms with Crippen molar-refractivity contribution in [2.45, 2.75) is 40.0 Å². The Labute approximate surface area is 131 Å². The maximum absolute atomic E-state index is 6.78. The molecule has 0 nitrogen and oxygen atoms in total.